The van der Waals surface area contributed by atoms with Gasteiger partial charge in [0.1, 0.15) is 11.6 Å². The smallest absolute Gasteiger partial charge is 0.146 e. The Kier molecular flexibility index (Phi) is 3.97. The van der Waals surface area contributed by atoms with Crippen LogP contribution >= 0.6 is 15.9 Å². The van der Waals surface area contributed by atoms with Crippen molar-refractivity contribution in [1.82, 2.24) is 0 Å². The molecule has 2 aromatic carbocycles. The van der Waals surface area contributed by atoms with E-state index in [1.165, 1.54) is 12.1 Å². The molecule has 1 nitrogen and oxygen atoms in total. The van der Waals surface area contributed by atoms with Crippen LogP contribution in [0.15, 0.2) is 40.9 Å². The van der Waals surface area contributed by atoms with Crippen molar-refractivity contribution in [3.05, 3.63) is 63.6 Å². The molecule has 94 valence electrons. The summed E-state index contributed by atoms with van der Waals surface area (Å²) in [5, 5.41) is 2.89. The predicted octanol–water partition coefficient (Wildman–Crippen LogP) is 4.65. The fraction of sp³-hybridized carbons (Fsp3) is 0.143. The number of halogens is 3. The summed E-state index contributed by atoms with van der Waals surface area (Å²) >= 11 is 3.27. The van der Waals surface area contributed by atoms with Crippen LogP contribution in [0.4, 0.5) is 14.5 Å². The van der Waals surface area contributed by atoms with Crippen molar-refractivity contribution < 1.29 is 8.78 Å². The Morgan fingerprint density at radius 1 is 1.06 bits per heavy atom. The molecule has 0 heterocycles. The van der Waals surface area contributed by atoms with Gasteiger partial charge in [-0.3, -0.25) is 0 Å². The minimum atomic E-state index is -0.355. The van der Waals surface area contributed by atoms with Gasteiger partial charge < -0.3 is 5.32 Å². The topological polar surface area (TPSA) is 12.0 Å². The molecule has 0 aliphatic heterocycles. The van der Waals surface area contributed by atoms with Crippen molar-refractivity contribution in [2.75, 3.05) is 5.32 Å². The van der Waals surface area contributed by atoms with Gasteiger partial charge >= 0.3 is 0 Å². The summed E-state index contributed by atoms with van der Waals surface area (Å²) in [5.41, 5.74) is 1.85. The summed E-state index contributed by atoms with van der Waals surface area (Å²) in [7, 11) is 0. The molecule has 0 saturated heterocycles. The van der Waals surface area contributed by atoms with E-state index in [0.29, 0.717) is 11.3 Å². The minimum Gasteiger partial charge on any atom is -0.378 e. The van der Waals surface area contributed by atoms with Gasteiger partial charge in [0, 0.05) is 16.6 Å². The first-order chi connectivity index (χ1) is 8.56. The van der Waals surface area contributed by atoms with Crippen molar-refractivity contribution in [3.63, 3.8) is 0 Å². The van der Waals surface area contributed by atoms with Gasteiger partial charge in [0.05, 0.1) is 5.69 Å². The average molecular weight is 312 g/mol. The molecule has 0 aliphatic carbocycles. The van der Waals surface area contributed by atoms with Crippen LogP contribution in [-0.2, 0) is 6.54 Å². The molecule has 1 N–H and O–H groups in total. The van der Waals surface area contributed by atoms with E-state index < -0.39 is 0 Å². The molecule has 0 saturated carbocycles. The first kappa shape index (κ1) is 13.0. The number of aryl methyl sites for hydroxylation is 1. The van der Waals surface area contributed by atoms with Crippen molar-refractivity contribution in [2.24, 2.45) is 0 Å². The summed E-state index contributed by atoms with van der Waals surface area (Å²) in [4.78, 5) is 0. The second-order valence-electron chi connectivity index (χ2n) is 4.07. The van der Waals surface area contributed by atoms with Crippen molar-refractivity contribution in [2.45, 2.75) is 13.5 Å². The Labute approximate surface area is 113 Å². The molecule has 0 unspecified atom stereocenters. The Hall–Kier alpha value is -1.42. The molecular weight excluding hydrogens is 300 g/mol. The third-order valence-corrected chi connectivity index (χ3v) is 3.09. The van der Waals surface area contributed by atoms with Crippen LogP contribution in [0.3, 0.4) is 0 Å². The maximum absolute atomic E-state index is 13.5. The number of anilines is 1. The zero-order chi connectivity index (χ0) is 13.1. The van der Waals surface area contributed by atoms with Crippen molar-refractivity contribution in [3.8, 4) is 0 Å². The molecule has 4 heteroatoms. The van der Waals surface area contributed by atoms with Gasteiger partial charge in [-0.15, -0.1) is 0 Å². The van der Waals surface area contributed by atoms with E-state index in [9.17, 15) is 8.78 Å². The SMILES string of the molecule is Cc1ccc(F)c(CNc2cc(Br)ccc2F)c1. The standard InChI is InChI=1S/C14H12BrF2N/c1-9-2-4-12(16)10(6-9)8-18-14-7-11(15)3-5-13(14)17/h2-7,18H,8H2,1H3. The Morgan fingerprint density at radius 2 is 1.78 bits per heavy atom. The number of hydrogen-bond acceptors (Lipinski definition) is 1. The largest absolute Gasteiger partial charge is 0.378 e. The molecule has 0 fully saturated rings. The van der Waals surface area contributed by atoms with Crippen LogP contribution in [0.25, 0.3) is 0 Å². The lowest BCUT2D eigenvalue weighted by molar-refractivity contribution is 0.610. The average Bonchev–Trinajstić information content (AvgIpc) is 2.34. The number of rotatable bonds is 3. The summed E-state index contributed by atoms with van der Waals surface area (Å²) in [6.45, 7) is 2.14. The molecule has 0 spiro atoms. The summed E-state index contributed by atoms with van der Waals surface area (Å²) in [6, 6.07) is 9.48. The highest BCUT2D eigenvalue weighted by atomic mass is 79.9. The molecule has 0 aliphatic rings. The fourth-order valence-corrected chi connectivity index (χ4v) is 2.02. The second-order valence-corrected chi connectivity index (χ2v) is 4.99. The van der Waals surface area contributed by atoms with E-state index in [0.717, 1.165) is 10.0 Å². The lowest BCUT2D eigenvalue weighted by Gasteiger charge is -2.09. The Bertz CT molecular complexity index is 518. The van der Waals surface area contributed by atoms with Gasteiger partial charge in [-0.1, -0.05) is 33.6 Å². The van der Waals surface area contributed by atoms with Gasteiger partial charge in [0.15, 0.2) is 0 Å². The molecule has 0 aromatic heterocycles. The van der Waals surface area contributed by atoms with E-state index >= 15 is 0 Å². The minimum absolute atomic E-state index is 0.251. The maximum atomic E-state index is 13.5. The van der Waals surface area contributed by atoms with Crippen LogP contribution in [-0.4, -0.2) is 0 Å². The zero-order valence-electron chi connectivity index (χ0n) is 9.81. The summed E-state index contributed by atoms with van der Waals surface area (Å²) < 4.78 is 27.8. The number of benzene rings is 2. The molecule has 0 bridgehead atoms. The normalized spacial score (nSPS) is 10.4. The van der Waals surface area contributed by atoms with Crippen LogP contribution < -0.4 is 5.32 Å². The number of nitrogens with one attached hydrogen (secondary N) is 1. The maximum Gasteiger partial charge on any atom is 0.146 e. The lowest BCUT2D eigenvalue weighted by atomic mass is 10.1. The molecule has 2 aromatic rings. The van der Waals surface area contributed by atoms with Gasteiger partial charge in [0.25, 0.3) is 0 Å². The third kappa shape index (κ3) is 3.07. The Morgan fingerprint density at radius 3 is 2.56 bits per heavy atom. The molecule has 0 amide bonds. The third-order valence-electron chi connectivity index (χ3n) is 2.60. The first-order valence-electron chi connectivity index (χ1n) is 5.50. The highest BCUT2D eigenvalue weighted by molar-refractivity contribution is 9.10. The van der Waals surface area contributed by atoms with Crippen LogP contribution in [0.1, 0.15) is 11.1 Å². The van der Waals surface area contributed by atoms with E-state index in [1.807, 2.05) is 6.92 Å². The quantitative estimate of drug-likeness (QED) is 0.870. The van der Waals surface area contributed by atoms with E-state index in [-0.39, 0.29) is 18.2 Å². The first-order valence-corrected chi connectivity index (χ1v) is 6.29. The lowest BCUT2D eigenvalue weighted by Crippen LogP contribution is -2.03. The van der Waals surface area contributed by atoms with E-state index in [4.69, 9.17) is 0 Å². The highest BCUT2D eigenvalue weighted by Crippen LogP contribution is 2.21. The van der Waals surface area contributed by atoms with Crippen LogP contribution in [0.5, 0.6) is 0 Å². The summed E-state index contributed by atoms with van der Waals surface area (Å²) in [5.74, 6) is -0.644. The molecular formula is C14H12BrF2N. The summed E-state index contributed by atoms with van der Waals surface area (Å²) in [6.07, 6.45) is 0. The van der Waals surface area contributed by atoms with E-state index in [2.05, 4.69) is 21.2 Å². The molecule has 2 rings (SSSR count). The highest BCUT2D eigenvalue weighted by Gasteiger charge is 2.05. The fourth-order valence-electron chi connectivity index (χ4n) is 1.66. The van der Waals surface area contributed by atoms with Crippen molar-refractivity contribution in [1.29, 1.82) is 0 Å². The molecule has 18 heavy (non-hydrogen) atoms. The van der Waals surface area contributed by atoms with Gasteiger partial charge in [-0.2, -0.15) is 0 Å². The Balaban J connectivity index is 2.16. The van der Waals surface area contributed by atoms with Gasteiger partial charge in [-0.05, 0) is 31.2 Å². The van der Waals surface area contributed by atoms with Crippen molar-refractivity contribution >= 4 is 21.6 Å². The molecule has 0 radical (unpaired) electrons. The predicted molar refractivity (Wildman–Crippen MR) is 72.6 cm³/mol. The van der Waals surface area contributed by atoms with E-state index in [1.54, 1.807) is 24.3 Å². The van der Waals surface area contributed by atoms with Crippen LogP contribution in [0.2, 0.25) is 0 Å². The second kappa shape index (κ2) is 5.48. The van der Waals surface area contributed by atoms with Crippen LogP contribution in [0, 0.1) is 18.6 Å². The monoisotopic (exact) mass is 311 g/mol. The van der Waals surface area contributed by atoms with Gasteiger partial charge in [-0.25, -0.2) is 8.78 Å². The zero-order valence-corrected chi connectivity index (χ0v) is 11.4. The van der Waals surface area contributed by atoms with Gasteiger partial charge in [0.2, 0.25) is 0 Å². The molecule has 0 atom stereocenters. The number of hydrogen-bond donors (Lipinski definition) is 1.